The molecule has 11 atom stereocenters. The van der Waals surface area contributed by atoms with E-state index in [1.807, 2.05) is 30.3 Å². The first kappa shape index (κ1) is 72.4. The number of para-hydroxylation sites is 2. The Labute approximate surface area is 519 Å². The third kappa shape index (κ3) is 22.8. The van der Waals surface area contributed by atoms with Gasteiger partial charge in [-0.3, -0.25) is 62.3 Å². The molecular weight excluding hydrogens is 1180 g/mol. The zero-order valence-corrected chi connectivity index (χ0v) is 51.2. The lowest BCUT2D eigenvalue weighted by atomic mass is 9.97. The van der Waals surface area contributed by atoms with Gasteiger partial charge in [0.25, 0.3) is 0 Å². The van der Waals surface area contributed by atoms with Crippen molar-refractivity contribution in [3.8, 4) is 0 Å². The van der Waals surface area contributed by atoms with E-state index in [4.69, 9.17) is 22.9 Å². The average Bonchev–Trinajstić information content (AvgIpc) is 2.37. The topological polar surface area (TPSA) is 498 Å². The number of thiol groups is 1. The van der Waals surface area contributed by atoms with Crippen molar-refractivity contribution in [2.75, 3.05) is 18.8 Å². The molecule has 4 aromatic rings. The van der Waals surface area contributed by atoms with Gasteiger partial charge in [0.15, 0.2) is 0 Å². The van der Waals surface area contributed by atoms with Crippen LogP contribution in [0.1, 0.15) is 97.1 Å². The smallest absolute Gasteiger partial charge is 0.303 e. The number of aliphatic carboxylic acids is 1. The van der Waals surface area contributed by atoms with Crippen LogP contribution in [0.3, 0.4) is 0 Å². The molecule has 0 spiro atoms. The Morgan fingerprint density at radius 1 is 0.528 bits per heavy atom. The summed E-state index contributed by atoms with van der Waals surface area (Å²) in [6.45, 7) is 6.88. The van der Waals surface area contributed by atoms with E-state index in [1.54, 1.807) is 44.4 Å². The quantitative estimate of drug-likeness (QED) is 0.0157. The van der Waals surface area contributed by atoms with E-state index in [0.29, 0.717) is 24.0 Å². The predicted octanol–water partition coefficient (Wildman–Crippen LogP) is -2.98. The number of carboxylic acids is 1. The summed E-state index contributed by atoms with van der Waals surface area (Å²) in [6.07, 6.45) is 2.17. The maximum Gasteiger partial charge on any atom is 0.303 e. The number of unbranched alkanes of at least 4 members (excludes halogenated alkanes) is 1. The number of nitrogens with one attached hydrogen (secondary N) is 12. The van der Waals surface area contributed by atoms with E-state index in [-0.39, 0.29) is 38.0 Å². The molecule has 0 aliphatic carbocycles. The number of amides is 12. The van der Waals surface area contributed by atoms with Crippen LogP contribution in [0.2, 0.25) is 0 Å². The first-order chi connectivity index (χ1) is 42.2. The summed E-state index contributed by atoms with van der Waals surface area (Å²) in [5.74, 6) is -12.4. The molecule has 0 unspecified atom stereocenters. The molecule has 2 aromatic carbocycles. The fourth-order valence-electron chi connectivity index (χ4n) is 9.17. The van der Waals surface area contributed by atoms with Gasteiger partial charge in [-0.1, -0.05) is 56.7 Å². The Bertz CT molecular complexity index is 3170. The molecule has 31 heteroatoms. The highest BCUT2D eigenvalue weighted by Crippen LogP contribution is 2.22. The second-order valence-electron chi connectivity index (χ2n) is 21.7. The van der Waals surface area contributed by atoms with Crippen LogP contribution >= 0.6 is 12.6 Å². The summed E-state index contributed by atoms with van der Waals surface area (Å²) in [6, 6.07) is 1.15. The second kappa shape index (κ2) is 35.6. The third-order valence-corrected chi connectivity index (χ3v) is 15.0. The van der Waals surface area contributed by atoms with E-state index < -0.39 is 175 Å². The van der Waals surface area contributed by atoms with Crippen molar-refractivity contribution in [3.05, 3.63) is 72.1 Å². The monoisotopic (exact) mass is 1260 g/mol. The van der Waals surface area contributed by atoms with Gasteiger partial charge >= 0.3 is 5.97 Å². The van der Waals surface area contributed by atoms with Crippen molar-refractivity contribution >= 4 is 111 Å². The van der Waals surface area contributed by atoms with Crippen molar-refractivity contribution in [2.45, 2.75) is 159 Å². The molecule has 89 heavy (non-hydrogen) atoms. The Morgan fingerprint density at radius 2 is 0.966 bits per heavy atom. The molecule has 0 saturated heterocycles. The van der Waals surface area contributed by atoms with E-state index in [0.717, 1.165) is 21.8 Å². The van der Waals surface area contributed by atoms with Crippen LogP contribution in [0.15, 0.2) is 60.9 Å². The van der Waals surface area contributed by atoms with Crippen LogP contribution in [-0.4, -0.2) is 171 Å². The molecule has 30 nitrogen and oxygen atoms in total. The lowest BCUT2D eigenvalue weighted by molar-refractivity contribution is -0.138. The second-order valence-corrected chi connectivity index (χ2v) is 22.1. The third-order valence-electron chi connectivity index (χ3n) is 14.6. The number of fused-ring (bicyclic) bond motifs is 2. The molecule has 2 aromatic heterocycles. The number of benzene rings is 2. The van der Waals surface area contributed by atoms with Gasteiger partial charge in [0.2, 0.25) is 70.9 Å². The lowest BCUT2D eigenvalue weighted by Crippen LogP contribution is -2.60. The van der Waals surface area contributed by atoms with Crippen LogP contribution in [0.5, 0.6) is 0 Å². The highest BCUT2D eigenvalue weighted by atomic mass is 32.1. The maximum absolute atomic E-state index is 14.6. The van der Waals surface area contributed by atoms with Crippen LogP contribution in [0.25, 0.3) is 21.8 Å². The molecule has 0 aliphatic rings. The number of carbonyl (C=O) groups excluding carboxylic acids is 12. The van der Waals surface area contributed by atoms with Crippen LogP contribution in [0, 0.1) is 5.92 Å². The number of rotatable bonds is 38. The molecule has 0 saturated carbocycles. The molecular formula is C58H84N16O14S. The molecule has 0 aliphatic heterocycles. The van der Waals surface area contributed by atoms with Crippen LogP contribution in [-0.2, 0) is 75.2 Å². The molecule has 4 rings (SSSR count). The Kier molecular flexibility index (Phi) is 29.0. The van der Waals surface area contributed by atoms with Crippen molar-refractivity contribution in [1.82, 2.24) is 63.1 Å². The molecule has 0 fully saturated rings. The minimum absolute atomic E-state index is 0.0460. The largest absolute Gasteiger partial charge is 0.481 e. The molecule has 2 heterocycles. The van der Waals surface area contributed by atoms with Gasteiger partial charge in [-0.25, -0.2) is 0 Å². The number of hydrogen-bond donors (Lipinski definition) is 18. The highest BCUT2D eigenvalue weighted by Gasteiger charge is 2.36. The Balaban J connectivity index is 1.52. The van der Waals surface area contributed by atoms with Crippen LogP contribution in [0.4, 0.5) is 0 Å². The van der Waals surface area contributed by atoms with Gasteiger partial charge in [-0.2, -0.15) is 12.6 Å². The lowest BCUT2D eigenvalue weighted by Gasteiger charge is -2.28. The number of aromatic amines is 2. The van der Waals surface area contributed by atoms with E-state index >= 15 is 0 Å². The number of hydrogen-bond acceptors (Lipinski definition) is 16. The van der Waals surface area contributed by atoms with Gasteiger partial charge in [-0.05, 0) is 88.6 Å². The standard InChI is InChI=1S/C58H84N16O14S/c1-6-29(2)48(58(88)70-39(17-11-12-22-59)53(83)68-40(18-20-45(61)75)54(84)69-41(19-21-47(77)78)52(82)66-31(4)49(62)79)74-46(76)27-65-51(81)32(5)67-55(85)42(23-33-25-63-37-15-9-7-13-35(33)37)71-56(86)43(24-34-26-64-38-16-10-8-14-36(34)38)72-57(87)44(28-89)73-50(80)30(3)60/h7-10,13-16,25-26,29-32,39-44,48,63-64,89H,6,11-12,17-24,27-28,59-60H2,1-5H3,(H2,61,75)(H2,62,79)(H,65,81)(H,66,82)(H,67,85)(H,68,83)(H,69,84)(H,70,88)(H,71,86)(H,72,87)(H,73,80)(H,74,76)(H,77,78)/t29-,30-,31-,32-,39-,40-,41-,42-,43-,44-,48-/m0/s1. The van der Waals surface area contributed by atoms with Crippen molar-refractivity contribution in [3.63, 3.8) is 0 Å². The summed E-state index contributed by atoms with van der Waals surface area (Å²) in [4.78, 5) is 179. The number of carbonyl (C=O) groups is 13. The van der Waals surface area contributed by atoms with Crippen molar-refractivity contribution < 1.29 is 67.4 Å². The number of H-pyrrole nitrogens is 2. The minimum atomic E-state index is -1.59. The number of nitrogens with two attached hydrogens (primary N) is 4. The summed E-state index contributed by atoms with van der Waals surface area (Å²) in [7, 11) is 0. The van der Waals surface area contributed by atoms with Gasteiger partial charge in [-0.15, -0.1) is 0 Å². The summed E-state index contributed by atoms with van der Waals surface area (Å²) in [5.41, 5.74) is 24.8. The fraction of sp³-hybridized carbons (Fsp3) is 0.500. The van der Waals surface area contributed by atoms with Gasteiger partial charge in [0, 0.05) is 65.6 Å². The first-order valence-electron chi connectivity index (χ1n) is 29.1. The molecule has 0 radical (unpaired) electrons. The predicted molar refractivity (Wildman–Crippen MR) is 330 cm³/mol. The summed E-state index contributed by atoms with van der Waals surface area (Å²) in [5, 5.41) is 36.2. The Morgan fingerprint density at radius 3 is 1.45 bits per heavy atom. The van der Waals surface area contributed by atoms with Crippen molar-refractivity contribution in [1.29, 1.82) is 0 Å². The van der Waals surface area contributed by atoms with Gasteiger partial charge < -0.3 is 91.2 Å². The molecule has 21 N–H and O–H groups in total. The van der Waals surface area contributed by atoms with Crippen molar-refractivity contribution in [2.24, 2.45) is 28.9 Å². The summed E-state index contributed by atoms with van der Waals surface area (Å²) < 4.78 is 0. The van der Waals surface area contributed by atoms with Gasteiger partial charge in [0.1, 0.15) is 54.4 Å². The first-order valence-corrected chi connectivity index (χ1v) is 29.8. The maximum atomic E-state index is 14.6. The highest BCUT2D eigenvalue weighted by molar-refractivity contribution is 7.80. The van der Waals surface area contributed by atoms with E-state index in [2.05, 4.69) is 75.8 Å². The van der Waals surface area contributed by atoms with Gasteiger partial charge in [0.05, 0.1) is 12.6 Å². The minimum Gasteiger partial charge on any atom is -0.481 e. The zero-order valence-electron chi connectivity index (χ0n) is 50.3. The number of aromatic nitrogens is 2. The molecule has 12 amide bonds. The normalized spacial score (nSPS) is 14.9. The Hall–Kier alpha value is -9.10. The van der Waals surface area contributed by atoms with Crippen LogP contribution < -0.4 is 76.1 Å². The van der Waals surface area contributed by atoms with E-state index in [9.17, 15) is 67.4 Å². The fourth-order valence-corrected chi connectivity index (χ4v) is 9.43. The molecule has 0 bridgehead atoms. The molecule has 486 valence electrons. The summed E-state index contributed by atoms with van der Waals surface area (Å²) >= 11 is 4.25. The number of carboxylic acid groups (broad SMARTS) is 1. The zero-order chi connectivity index (χ0) is 66.1. The average molecular weight is 1260 g/mol. The van der Waals surface area contributed by atoms with E-state index in [1.165, 1.54) is 20.8 Å². The number of primary amides is 2. The SMILES string of the molecule is CC[C@H](C)[C@H](NC(=O)CNC(=O)[C@H](C)NC(=O)[C@H](Cc1c[nH]c2ccccc12)NC(=O)[C@H](Cc1c[nH]c2ccccc12)NC(=O)[C@H](CS)NC(=O)[C@H](C)N)C(=O)N[C@@H](CCCCN)C(=O)N[C@@H](CCC(N)=O)C(=O)N[C@@H](CCC(=O)O)C(=O)N[C@@H](C)C(N)=O.